The minimum absolute atomic E-state index is 0.138. The van der Waals surface area contributed by atoms with Crippen LogP contribution in [0.3, 0.4) is 0 Å². The van der Waals surface area contributed by atoms with Gasteiger partial charge in [-0.25, -0.2) is 9.67 Å². The molecule has 0 aliphatic carbocycles. The van der Waals surface area contributed by atoms with Crippen LogP contribution in [-0.4, -0.2) is 32.4 Å². The van der Waals surface area contributed by atoms with Crippen molar-refractivity contribution in [2.75, 3.05) is 6.61 Å². The zero-order chi connectivity index (χ0) is 11.3. The van der Waals surface area contributed by atoms with Crippen LogP contribution in [0.15, 0.2) is 6.33 Å². The van der Waals surface area contributed by atoms with Gasteiger partial charge in [-0.15, -0.1) is 0 Å². The van der Waals surface area contributed by atoms with Crippen LogP contribution in [0.1, 0.15) is 30.4 Å². The molecular formula is C9H16N4O2. The molecule has 6 nitrogen and oxygen atoms in total. The number of aliphatic hydroxyl groups is 1. The van der Waals surface area contributed by atoms with E-state index in [-0.39, 0.29) is 18.3 Å². The van der Waals surface area contributed by atoms with E-state index in [0.29, 0.717) is 13.0 Å². The van der Waals surface area contributed by atoms with Crippen molar-refractivity contribution in [3.05, 3.63) is 12.2 Å². The highest BCUT2D eigenvalue weighted by Gasteiger charge is 2.14. The summed E-state index contributed by atoms with van der Waals surface area (Å²) in [4.78, 5) is 14.7. The van der Waals surface area contributed by atoms with E-state index in [1.807, 2.05) is 6.92 Å². The molecular weight excluding hydrogens is 196 g/mol. The number of rotatable bonds is 6. The fourth-order valence-electron chi connectivity index (χ4n) is 1.44. The molecule has 0 saturated heterocycles. The van der Waals surface area contributed by atoms with Gasteiger partial charge in [-0.2, -0.15) is 5.10 Å². The van der Waals surface area contributed by atoms with Crippen LogP contribution in [0.5, 0.6) is 0 Å². The Kier molecular flexibility index (Phi) is 4.23. The van der Waals surface area contributed by atoms with Gasteiger partial charge in [-0.1, -0.05) is 13.3 Å². The maximum atomic E-state index is 11.0. The zero-order valence-electron chi connectivity index (χ0n) is 8.76. The summed E-state index contributed by atoms with van der Waals surface area (Å²) < 4.78 is 1.49. The molecule has 1 heterocycles. The Morgan fingerprint density at radius 3 is 3.00 bits per heavy atom. The molecule has 0 aromatic carbocycles. The molecule has 0 spiro atoms. The van der Waals surface area contributed by atoms with E-state index in [9.17, 15) is 4.79 Å². The largest absolute Gasteiger partial charge is 0.396 e. The van der Waals surface area contributed by atoms with Crippen molar-refractivity contribution < 1.29 is 9.90 Å². The fraction of sp³-hybridized carbons (Fsp3) is 0.667. The molecule has 6 heteroatoms. The van der Waals surface area contributed by atoms with Gasteiger partial charge < -0.3 is 10.8 Å². The van der Waals surface area contributed by atoms with Gasteiger partial charge >= 0.3 is 0 Å². The summed E-state index contributed by atoms with van der Waals surface area (Å²) in [6.07, 6.45) is 2.92. The Labute approximate surface area is 88.1 Å². The maximum absolute atomic E-state index is 11.0. The van der Waals surface area contributed by atoms with Crippen LogP contribution in [-0.2, 0) is 6.54 Å². The lowest BCUT2D eigenvalue weighted by molar-refractivity contribution is 0.0983. The van der Waals surface area contributed by atoms with Crippen molar-refractivity contribution in [2.45, 2.75) is 26.3 Å². The molecule has 0 aliphatic rings. The van der Waals surface area contributed by atoms with E-state index in [0.717, 1.165) is 6.42 Å². The molecule has 1 rings (SSSR count). The van der Waals surface area contributed by atoms with E-state index in [4.69, 9.17) is 10.8 Å². The van der Waals surface area contributed by atoms with Gasteiger partial charge in [0.25, 0.3) is 5.91 Å². The van der Waals surface area contributed by atoms with Gasteiger partial charge in [0.05, 0.1) is 0 Å². The number of aromatic nitrogens is 3. The number of carbonyl (C=O) groups is 1. The van der Waals surface area contributed by atoms with Gasteiger partial charge in [0, 0.05) is 13.2 Å². The van der Waals surface area contributed by atoms with Crippen molar-refractivity contribution in [3.8, 4) is 0 Å². The highest BCUT2D eigenvalue weighted by atomic mass is 16.3. The zero-order valence-corrected chi connectivity index (χ0v) is 8.76. The molecule has 84 valence electrons. The van der Waals surface area contributed by atoms with Gasteiger partial charge in [-0.3, -0.25) is 4.79 Å². The third-order valence-corrected chi connectivity index (χ3v) is 2.38. The lowest BCUT2D eigenvalue weighted by Crippen LogP contribution is -2.22. The van der Waals surface area contributed by atoms with Crippen molar-refractivity contribution in [1.82, 2.24) is 14.8 Å². The lowest BCUT2D eigenvalue weighted by atomic mass is 10.0. The predicted molar refractivity (Wildman–Crippen MR) is 54.0 cm³/mol. The van der Waals surface area contributed by atoms with Crippen molar-refractivity contribution in [1.29, 1.82) is 0 Å². The Hall–Kier alpha value is -1.43. The number of carbonyl (C=O) groups excluding carboxylic acids is 1. The number of nitrogens with zero attached hydrogens (tertiary/aromatic N) is 3. The van der Waals surface area contributed by atoms with E-state index >= 15 is 0 Å². The van der Waals surface area contributed by atoms with Crippen molar-refractivity contribution >= 4 is 5.91 Å². The minimum Gasteiger partial charge on any atom is -0.396 e. The second-order valence-electron chi connectivity index (χ2n) is 3.42. The third kappa shape index (κ3) is 3.02. The third-order valence-electron chi connectivity index (χ3n) is 2.38. The van der Waals surface area contributed by atoms with Crippen LogP contribution < -0.4 is 5.73 Å². The Morgan fingerprint density at radius 1 is 1.73 bits per heavy atom. The van der Waals surface area contributed by atoms with Crippen molar-refractivity contribution in [3.63, 3.8) is 0 Å². The first kappa shape index (κ1) is 11.6. The van der Waals surface area contributed by atoms with Crippen LogP contribution in [0.25, 0.3) is 0 Å². The molecule has 15 heavy (non-hydrogen) atoms. The average molecular weight is 212 g/mol. The summed E-state index contributed by atoms with van der Waals surface area (Å²) in [6, 6.07) is 0. The molecule has 0 aliphatic heterocycles. The molecule has 0 fully saturated rings. The van der Waals surface area contributed by atoms with E-state index in [1.54, 1.807) is 0 Å². The smallest absolute Gasteiger partial charge is 0.286 e. The number of hydrogen-bond acceptors (Lipinski definition) is 4. The Bertz CT molecular complexity index is 324. The Morgan fingerprint density at radius 2 is 2.47 bits per heavy atom. The summed E-state index contributed by atoms with van der Waals surface area (Å²) in [6.45, 7) is 2.73. The first-order chi connectivity index (χ1) is 7.19. The van der Waals surface area contributed by atoms with Gasteiger partial charge in [0.15, 0.2) is 0 Å². The summed E-state index contributed by atoms with van der Waals surface area (Å²) >= 11 is 0. The second kappa shape index (κ2) is 5.45. The first-order valence-corrected chi connectivity index (χ1v) is 4.97. The number of amides is 1. The SMILES string of the molecule is CC[C@H](CCO)Cn1ncnc1C(N)=O. The van der Waals surface area contributed by atoms with Crippen LogP contribution in [0, 0.1) is 5.92 Å². The van der Waals surface area contributed by atoms with E-state index < -0.39 is 5.91 Å². The molecule has 0 radical (unpaired) electrons. The van der Waals surface area contributed by atoms with Gasteiger partial charge in [-0.05, 0) is 12.3 Å². The van der Waals surface area contributed by atoms with E-state index in [1.165, 1.54) is 11.0 Å². The standard InChI is InChI=1S/C9H16N4O2/c1-2-7(3-4-14)5-13-9(8(10)15)11-6-12-13/h6-7,14H,2-5H2,1H3,(H2,10,15)/t7-/m1/s1. The lowest BCUT2D eigenvalue weighted by Gasteiger charge is -2.13. The quantitative estimate of drug-likeness (QED) is 0.682. The monoisotopic (exact) mass is 212 g/mol. The summed E-state index contributed by atoms with van der Waals surface area (Å²) in [5, 5.41) is 12.8. The van der Waals surface area contributed by atoms with Crippen LogP contribution in [0.4, 0.5) is 0 Å². The summed E-state index contributed by atoms with van der Waals surface area (Å²) in [5.74, 6) is -0.118. The number of primary amides is 1. The number of nitrogens with two attached hydrogens (primary N) is 1. The number of aliphatic hydroxyl groups excluding tert-OH is 1. The topological polar surface area (TPSA) is 94.0 Å². The Balaban J connectivity index is 2.70. The molecule has 0 unspecified atom stereocenters. The fourth-order valence-corrected chi connectivity index (χ4v) is 1.44. The second-order valence-corrected chi connectivity index (χ2v) is 3.42. The molecule has 1 atom stereocenters. The number of hydrogen-bond donors (Lipinski definition) is 2. The van der Waals surface area contributed by atoms with Crippen molar-refractivity contribution in [2.24, 2.45) is 11.7 Å². The molecule has 3 N–H and O–H groups in total. The first-order valence-electron chi connectivity index (χ1n) is 4.97. The van der Waals surface area contributed by atoms with Gasteiger partial charge in [0.1, 0.15) is 6.33 Å². The predicted octanol–water partition coefficient (Wildman–Crippen LogP) is -0.214. The molecule has 1 aromatic rings. The normalized spacial score (nSPS) is 12.7. The van der Waals surface area contributed by atoms with E-state index in [2.05, 4.69) is 10.1 Å². The molecule has 0 bridgehead atoms. The van der Waals surface area contributed by atoms with Gasteiger partial charge in [0.2, 0.25) is 5.82 Å². The highest BCUT2D eigenvalue weighted by molar-refractivity contribution is 5.88. The molecule has 0 saturated carbocycles. The maximum Gasteiger partial charge on any atom is 0.286 e. The average Bonchev–Trinajstić information content (AvgIpc) is 2.65. The molecule has 1 amide bonds. The minimum atomic E-state index is -0.577. The van der Waals surface area contributed by atoms with Crippen LogP contribution >= 0.6 is 0 Å². The molecule has 1 aromatic heterocycles. The highest BCUT2D eigenvalue weighted by Crippen LogP contribution is 2.10. The summed E-state index contributed by atoms with van der Waals surface area (Å²) in [5.41, 5.74) is 5.14. The van der Waals surface area contributed by atoms with Crippen LogP contribution in [0.2, 0.25) is 0 Å². The summed E-state index contributed by atoms with van der Waals surface area (Å²) in [7, 11) is 0.